The van der Waals surface area contributed by atoms with Crippen LogP contribution in [0.3, 0.4) is 0 Å². The lowest BCUT2D eigenvalue weighted by atomic mass is 10.1. The molecule has 1 aromatic carbocycles. The Kier molecular flexibility index (Phi) is 11.7. The van der Waals surface area contributed by atoms with Crippen LogP contribution >= 0.6 is 24.0 Å². The summed E-state index contributed by atoms with van der Waals surface area (Å²) in [5.74, 6) is 0. The molecular weight excluding hydrogens is 265 g/mol. The number of hydrogen-bond donors (Lipinski definition) is 1. The van der Waals surface area contributed by atoms with Crippen molar-refractivity contribution in [1.82, 2.24) is 5.32 Å². The van der Waals surface area contributed by atoms with E-state index in [9.17, 15) is 0 Å². The Bertz CT molecular complexity index is 285. The zero-order chi connectivity index (χ0) is 12.3. The average Bonchev–Trinajstić information content (AvgIpc) is 2.35. The number of halogens is 2. The molecule has 0 aliphatic rings. The zero-order valence-electron chi connectivity index (χ0n) is 11.3. The molecule has 1 rings (SSSR count). The number of nitrogens with one attached hydrogen (secondary N) is 1. The lowest BCUT2D eigenvalue weighted by molar-refractivity contribution is 0.572. The van der Waals surface area contributed by atoms with Gasteiger partial charge in [-0.1, -0.05) is 62.8 Å². The third-order valence-corrected chi connectivity index (χ3v) is 3.20. The van der Waals surface area contributed by atoms with Gasteiger partial charge in [-0.3, -0.25) is 0 Å². The van der Waals surface area contributed by atoms with E-state index < -0.39 is 0 Å². The van der Waals surface area contributed by atoms with Crippen molar-refractivity contribution in [3.05, 3.63) is 34.9 Å². The third-order valence-electron chi connectivity index (χ3n) is 2.95. The summed E-state index contributed by atoms with van der Waals surface area (Å²) in [7, 11) is 0. The van der Waals surface area contributed by atoms with E-state index in [0.717, 1.165) is 18.1 Å². The summed E-state index contributed by atoms with van der Waals surface area (Å²) in [6, 6.07) is 8.06. The van der Waals surface area contributed by atoms with Crippen molar-refractivity contribution in [2.45, 2.75) is 52.0 Å². The van der Waals surface area contributed by atoms with Gasteiger partial charge in [-0.05, 0) is 30.7 Å². The molecule has 1 aromatic rings. The number of hydrogen-bond acceptors (Lipinski definition) is 1. The van der Waals surface area contributed by atoms with Gasteiger partial charge in [0.2, 0.25) is 0 Å². The first kappa shape index (κ1) is 17.8. The van der Waals surface area contributed by atoms with Gasteiger partial charge >= 0.3 is 0 Å². The summed E-state index contributed by atoms with van der Waals surface area (Å²) in [4.78, 5) is 0. The standard InChI is InChI=1S/C15H24ClN.ClH/c1-2-3-4-5-6-7-12-17-13-14-8-10-15(16)11-9-14;/h8-11,17H,2-7,12-13H2,1H3;1H. The summed E-state index contributed by atoms with van der Waals surface area (Å²) in [5, 5.41) is 4.28. The fourth-order valence-corrected chi connectivity index (χ4v) is 1.99. The van der Waals surface area contributed by atoms with E-state index in [2.05, 4.69) is 24.4 Å². The molecule has 0 spiro atoms. The maximum atomic E-state index is 5.84. The minimum atomic E-state index is 0. The van der Waals surface area contributed by atoms with E-state index in [4.69, 9.17) is 11.6 Å². The Hall–Kier alpha value is -0.240. The van der Waals surface area contributed by atoms with Gasteiger partial charge in [-0.15, -0.1) is 12.4 Å². The second kappa shape index (κ2) is 11.8. The lowest BCUT2D eigenvalue weighted by Crippen LogP contribution is -2.14. The second-order valence-corrected chi connectivity index (χ2v) is 5.01. The first-order valence-corrected chi connectivity index (χ1v) is 7.16. The topological polar surface area (TPSA) is 12.0 Å². The molecule has 0 unspecified atom stereocenters. The minimum Gasteiger partial charge on any atom is -0.313 e. The van der Waals surface area contributed by atoms with Gasteiger partial charge in [0.15, 0.2) is 0 Å². The first-order chi connectivity index (χ1) is 8.33. The van der Waals surface area contributed by atoms with Crippen LogP contribution in [0.1, 0.15) is 51.0 Å². The van der Waals surface area contributed by atoms with Crippen LogP contribution in [0.4, 0.5) is 0 Å². The quantitative estimate of drug-likeness (QED) is 0.615. The van der Waals surface area contributed by atoms with E-state index in [-0.39, 0.29) is 12.4 Å². The van der Waals surface area contributed by atoms with Gasteiger partial charge in [-0.25, -0.2) is 0 Å². The van der Waals surface area contributed by atoms with Crippen LogP contribution in [0.5, 0.6) is 0 Å². The Labute approximate surface area is 123 Å². The highest BCUT2D eigenvalue weighted by atomic mass is 35.5. The molecule has 1 N–H and O–H groups in total. The molecule has 0 atom stereocenters. The van der Waals surface area contributed by atoms with E-state index in [1.54, 1.807) is 0 Å². The maximum absolute atomic E-state index is 5.84. The monoisotopic (exact) mass is 289 g/mol. The van der Waals surface area contributed by atoms with E-state index in [1.807, 2.05) is 12.1 Å². The zero-order valence-corrected chi connectivity index (χ0v) is 12.8. The molecule has 0 aliphatic heterocycles. The molecule has 18 heavy (non-hydrogen) atoms. The maximum Gasteiger partial charge on any atom is 0.0406 e. The lowest BCUT2D eigenvalue weighted by Gasteiger charge is -2.05. The molecule has 104 valence electrons. The van der Waals surface area contributed by atoms with Crippen molar-refractivity contribution in [2.75, 3.05) is 6.54 Å². The molecule has 0 bridgehead atoms. The van der Waals surface area contributed by atoms with Crippen LogP contribution in [0, 0.1) is 0 Å². The van der Waals surface area contributed by atoms with Crippen molar-refractivity contribution in [3.8, 4) is 0 Å². The fourth-order valence-electron chi connectivity index (χ4n) is 1.87. The molecular formula is C15H25Cl2N. The van der Waals surface area contributed by atoms with Gasteiger partial charge in [0, 0.05) is 11.6 Å². The minimum absolute atomic E-state index is 0. The van der Waals surface area contributed by atoms with Crippen molar-refractivity contribution in [1.29, 1.82) is 0 Å². The van der Waals surface area contributed by atoms with E-state index in [0.29, 0.717) is 0 Å². The van der Waals surface area contributed by atoms with Gasteiger partial charge in [0.05, 0.1) is 0 Å². The van der Waals surface area contributed by atoms with Crippen LogP contribution in [0.25, 0.3) is 0 Å². The van der Waals surface area contributed by atoms with Crippen molar-refractivity contribution < 1.29 is 0 Å². The summed E-state index contributed by atoms with van der Waals surface area (Å²) < 4.78 is 0. The van der Waals surface area contributed by atoms with Crippen LogP contribution in [-0.2, 0) is 6.54 Å². The molecule has 0 aromatic heterocycles. The number of unbranched alkanes of at least 4 members (excludes halogenated alkanes) is 5. The highest BCUT2D eigenvalue weighted by Gasteiger charge is 1.93. The van der Waals surface area contributed by atoms with Crippen LogP contribution < -0.4 is 5.32 Å². The molecule has 1 nitrogen and oxygen atoms in total. The third kappa shape index (κ3) is 8.79. The Balaban J connectivity index is 0.00000289. The van der Waals surface area contributed by atoms with Gasteiger partial charge in [-0.2, -0.15) is 0 Å². The van der Waals surface area contributed by atoms with Crippen molar-refractivity contribution in [3.63, 3.8) is 0 Å². The van der Waals surface area contributed by atoms with Crippen LogP contribution in [0.2, 0.25) is 5.02 Å². The summed E-state index contributed by atoms with van der Waals surface area (Å²) in [5.41, 5.74) is 1.31. The van der Waals surface area contributed by atoms with Crippen molar-refractivity contribution in [2.24, 2.45) is 0 Å². The summed E-state index contributed by atoms with van der Waals surface area (Å²) in [6.45, 7) is 4.33. The SMILES string of the molecule is CCCCCCCCNCc1ccc(Cl)cc1.Cl. The second-order valence-electron chi connectivity index (χ2n) is 4.57. The van der Waals surface area contributed by atoms with Gasteiger partial charge in [0.1, 0.15) is 0 Å². The Morgan fingerprint density at radius 1 is 0.944 bits per heavy atom. The smallest absolute Gasteiger partial charge is 0.0406 e. The number of benzene rings is 1. The highest BCUT2D eigenvalue weighted by molar-refractivity contribution is 6.30. The molecule has 0 radical (unpaired) electrons. The molecule has 0 amide bonds. The Morgan fingerprint density at radius 2 is 1.56 bits per heavy atom. The van der Waals surface area contributed by atoms with E-state index in [1.165, 1.54) is 44.1 Å². The molecule has 0 heterocycles. The molecule has 0 aliphatic carbocycles. The largest absolute Gasteiger partial charge is 0.313 e. The van der Waals surface area contributed by atoms with Crippen LogP contribution in [-0.4, -0.2) is 6.54 Å². The summed E-state index contributed by atoms with van der Waals surface area (Å²) >= 11 is 5.84. The molecule has 0 fully saturated rings. The van der Waals surface area contributed by atoms with Gasteiger partial charge in [0.25, 0.3) is 0 Å². The predicted molar refractivity (Wildman–Crippen MR) is 83.8 cm³/mol. The first-order valence-electron chi connectivity index (χ1n) is 6.78. The molecule has 3 heteroatoms. The van der Waals surface area contributed by atoms with Gasteiger partial charge < -0.3 is 5.32 Å². The fraction of sp³-hybridized carbons (Fsp3) is 0.600. The molecule has 0 saturated heterocycles. The average molecular weight is 290 g/mol. The van der Waals surface area contributed by atoms with Crippen molar-refractivity contribution >= 4 is 24.0 Å². The van der Waals surface area contributed by atoms with E-state index >= 15 is 0 Å². The van der Waals surface area contributed by atoms with Crippen LogP contribution in [0.15, 0.2) is 24.3 Å². The normalized spacial score (nSPS) is 10.1. The highest BCUT2D eigenvalue weighted by Crippen LogP contribution is 2.09. The number of rotatable bonds is 9. The summed E-state index contributed by atoms with van der Waals surface area (Å²) in [6.07, 6.45) is 8.14. The predicted octanol–water partition coefficient (Wildman–Crippen LogP) is 5.21. The Morgan fingerprint density at radius 3 is 2.22 bits per heavy atom. The molecule has 0 saturated carbocycles.